The lowest BCUT2D eigenvalue weighted by Crippen LogP contribution is -2.44. The zero-order valence-electron chi connectivity index (χ0n) is 10.8. The molecule has 1 fully saturated rings. The monoisotopic (exact) mass is 245 g/mol. The van der Waals surface area contributed by atoms with Crippen LogP contribution in [0.5, 0.6) is 0 Å². The Morgan fingerprint density at radius 3 is 2.31 bits per heavy atom. The van der Waals surface area contributed by atoms with Gasteiger partial charge in [0.1, 0.15) is 0 Å². The smallest absolute Gasteiger partial charge is 0.228 e. The molecule has 1 rings (SSSR count). The van der Waals surface area contributed by atoms with Crippen LogP contribution in [0.4, 0.5) is 0 Å². The molecule has 1 aliphatic carbocycles. The van der Waals surface area contributed by atoms with E-state index in [0.29, 0.717) is 6.04 Å². The molecular formula is C13H24ClNO. The molecule has 0 heterocycles. The lowest BCUT2D eigenvalue weighted by Gasteiger charge is -2.37. The highest BCUT2D eigenvalue weighted by molar-refractivity contribution is 6.64. The standard InChI is InChI=1S/C13H24ClNO/c1-4-15(10-13(2,3)12(14)16)11-8-6-5-7-9-11/h11H,4-10H2,1-3H3. The van der Waals surface area contributed by atoms with Gasteiger partial charge in [-0.1, -0.05) is 40.0 Å². The van der Waals surface area contributed by atoms with E-state index >= 15 is 0 Å². The Hall–Kier alpha value is -0.0800. The molecule has 0 aliphatic heterocycles. The molecule has 3 heteroatoms. The average Bonchev–Trinajstić information content (AvgIpc) is 2.27. The van der Waals surface area contributed by atoms with Gasteiger partial charge < -0.3 is 0 Å². The lowest BCUT2D eigenvalue weighted by atomic mass is 9.90. The molecule has 0 aromatic carbocycles. The molecule has 94 valence electrons. The van der Waals surface area contributed by atoms with Crippen LogP contribution in [0.3, 0.4) is 0 Å². The van der Waals surface area contributed by atoms with Gasteiger partial charge in [-0.05, 0) is 31.0 Å². The predicted octanol–water partition coefficient (Wildman–Crippen LogP) is 3.43. The highest BCUT2D eigenvalue weighted by Crippen LogP contribution is 2.27. The second-order valence-corrected chi connectivity index (χ2v) is 5.86. The van der Waals surface area contributed by atoms with E-state index in [2.05, 4.69) is 11.8 Å². The molecule has 0 saturated heterocycles. The number of rotatable bonds is 5. The quantitative estimate of drug-likeness (QED) is 0.692. The average molecular weight is 246 g/mol. The van der Waals surface area contributed by atoms with Crippen LogP contribution in [0.2, 0.25) is 0 Å². The van der Waals surface area contributed by atoms with E-state index in [1.165, 1.54) is 32.1 Å². The van der Waals surface area contributed by atoms with Crippen LogP contribution in [0.25, 0.3) is 0 Å². The Kier molecular flexibility index (Phi) is 5.26. The molecule has 16 heavy (non-hydrogen) atoms. The predicted molar refractivity (Wildman–Crippen MR) is 68.8 cm³/mol. The molecule has 0 aromatic rings. The number of carbonyl (C=O) groups excluding carboxylic acids is 1. The highest BCUT2D eigenvalue weighted by Gasteiger charge is 2.31. The van der Waals surface area contributed by atoms with Crippen LogP contribution in [-0.2, 0) is 4.79 Å². The first-order valence-electron chi connectivity index (χ1n) is 6.41. The van der Waals surface area contributed by atoms with Crippen LogP contribution in [0.15, 0.2) is 0 Å². The van der Waals surface area contributed by atoms with E-state index in [9.17, 15) is 4.79 Å². The van der Waals surface area contributed by atoms with Crippen molar-refractivity contribution in [2.75, 3.05) is 13.1 Å². The molecule has 0 bridgehead atoms. The largest absolute Gasteiger partial charge is 0.300 e. The molecule has 1 aliphatic rings. The number of hydrogen-bond acceptors (Lipinski definition) is 2. The summed E-state index contributed by atoms with van der Waals surface area (Å²) in [5.74, 6) is 0. The third-order valence-corrected chi connectivity index (χ3v) is 4.14. The molecule has 0 spiro atoms. The fourth-order valence-electron chi connectivity index (χ4n) is 2.52. The Morgan fingerprint density at radius 1 is 1.31 bits per heavy atom. The second kappa shape index (κ2) is 6.02. The molecule has 1 saturated carbocycles. The van der Waals surface area contributed by atoms with Crippen molar-refractivity contribution < 1.29 is 4.79 Å². The van der Waals surface area contributed by atoms with Gasteiger partial charge in [0.25, 0.3) is 0 Å². The summed E-state index contributed by atoms with van der Waals surface area (Å²) in [5.41, 5.74) is -0.422. The summed E-state index contributed by atoms with van der Waals surface area (Å²) in [6.45, 7) is 7.85. The number of hydrogen-bond donors (Lipinski definition) is 0. The normalized spacial score (nSPS) is 19.1. The van der Waals surface area contributed by atoms with Gasteiger partial charge >= 0.3 is 0 Å². The zero-order chi connectivity index (χ0) is 12.2. The van der Waals surface area contributed by atoms with Crippen molar-refractivity contribution in [1.29, 1.82) is 0 Å². The number of halogens is 1. The minimum Gasteiger partial charge on any atom is -0.300 e. The summed E-state index contributed by atoms with van der Waals surface area (Å²) in [6, 6.07) is 0.661. The molecule has 0 radical (unpaired) electrons. The van der Waals surface area contributed by atoms with Crippen molar-refractivity contribution in [3.05, 3.63) is 0 Å². The van der Waals surface area contributed by atoms with Gasteiger partial charge in [-0.25, -0.2) is 0 Å². The summed E-state index contributed by atoms with van der Waals surface area (Å²) >= 11 is 5.64. The Morgan fingerprint density at radius 2 is 1.88 bits per heavy atom. The summed E-state index contributed by atoms with van der Waals surface area (Å²) in [4.78, 5) is 13.8. The van der Waals surface area contributed by atoms with E-state index in [1.54, 1.807) is 0 Å². The van der Waals surface area contributed by atoms with E-state index in [-0.39, 0.29) is 5.24 Å². The second-order valence-electron chi connectivity index (χ2n) is 5.51. The van der Waals surface area contributed by atoms with Crippen molar-refractivity contribution in [3.63, 3.8) is 0 Å². The van der Waals surface area contributed by atoms with Crippen molar-refractivity contribution in [1.82, 2.24) is 4.90 Å². The minimum atomic E-state index is -0.422. The molecule has 0 aromatic heterocycles. The van der Waals surface area contributed by atoms with E-state index < -0.39 is 5.41 Å². The number of carbonyl (C=O) groups is 1. The maximum absolute atomic E-state index is 11.3. The SMILES string of the molecule is CCN(CC(C)(C)C(=O)Cl)C1CCCCC1. The molecule has 0 amide bonds. The number of nitrogens with zero attached hydrogens (tertiary/aromatic N) is 1. The topological polar surface area (TPSA) is 20.3 Å². The van der Waals surface area contributed by atoms with Crippen molar-refractivity contribution in [2.24, 2.45) is 5.41 Å². The molecule has 2 nitrogen and oxygen atoms in total. The first-order chi connectivity index (χ1) is 7.47. The van der Waals surface area contributed by atoms with Crippen LogP contribution < -0.4 is 0 Å². The van der Waals surface area contributed by atoms with Gasteiger partial charge in [0.15, 0.2) is 0 Å². The first-order valence-corrected chi connectivity index (χ1v) is 6.79. The highest BCUT2D eigenvalue weighted by atomic mass is 35.5. The Balaban J connectivity index is 2.56. The van der Waals surface area contributed by atoms with E-state index in [4.69, 9.17) is 11.6 Å². The van der Waals surface area contributed by atoms with Gasteiger partial charge in [-0.2, -0.15) is 0 Å². The van der Waals surface area contributed by atoms with Gasteiger partial charge in [-0.15, -0.1) is 0 Å². The minimum absolute atomic E-state index is 0.221. The summed E-state index contributed by atoms with van der Waals surface area (Å²) in [7, 11) is 0. The summed E-state index contributed by atoms with van der Waals surface area (Å²) in [5, 5.41) is -0.221. The lowest BCUT2D eigenvalue weighted by molar-refractivity contribution is -0.120. The molecular weight excluding hydrogens is 222 g/mol. The van der Waals surface area contributed by atoms with Gasteiger partial charge in [0.2, 0.25) is 5.24 Å². The zero-order valence-corrected chi connectivity index (χ0v) is 11.5. The van der Waals surface area contributed by atoms with Crippen molar-refractivity contribution >= 4 is 16.8 Å². The first kappa shape index (κ1) is 14.0. The van der Waals surface area contributed by atoms with Crippen LogP contribution in [0, 0.1) is 5.41 Å². The summed E-state index contributed by atoms with van der Waals surface area (Å²) in [6.07, 6.45) is 6.58. The van der Waals surface area contributed by atoms with Crippen LogP contribution >= 0.6 is 11.6 Å². The third-order valence-electron chi connectivity index (χ3n) is 3.63. The van der Waals surface area contributed by atoms with Crippen LogP contribution in [-0.4, -0.2) is 29.3 Å². The Bertz CT molecular complexity index is 234. The van der Waals surface area contributed by atoms with E-state index in [1.807, 2.05) is 13.8 Å². The van der Waals surface area contributed by atoms with Crippen LogP contribution in [0.1, 0.15) is 52.9 Å². The van der Waals surface area contributed by atoms with Gasteiger partial charge in [0.05, 0.1) is 5.41 Å². The fraction of sp³-hybridized carbons (Fsp3) is 0.923. The van der Waals surface area contributed by atoms with Crippen molar-refractivity contribution in [2.45, 2.75) is 58.9 Å². The maximum atomic E-state index is 11.3. The molecule has 0 N–H and O–H groups in total. The molecule has 0 unspecified atom stereocenters. The van der Waals surface area contributed by atoms with Gasteiger partial charge in [-0.3, -0.25) is 9.69 Å². The summed E-state index contributed by atoms with van der Waals surface area (Å²) < 4.78 is 0. The van der Waals surface area contributed by atoms with Crippen molar-refractivity contribution in [3.8, 4) is 0 Å². The Labute approximate surface area is 104 Å². The van der Waals surface area contributed by atoms with E-state index in [0.717, 1.165) is 13.1 Å². The molecule has 0 atom stereocenters. The maximum Gasteiger partial charge on any atom is 0.228 e. The van der Waals surface area contributed by atoms with Gasteiger partial charge in [0, 0.05) is 12.6 Å². The fourth-order valence-corrected chi connectivity index (χ4v) is 2.57. The third kappa shape index (κ3) is 3.74.